The molecule has 2 rings (SSSR count). The minimum atomic E-state index is -0.542. The fraction of sp³-hybridized carbons (Fsp3) is 0.312. The number of carbonyl (C=O) groups is 1. The van der Waals surface area contributed by atoms with Gasteiger partial charge in [0.2, 0.25) is 0 Å². The van der Waals surface area contributed by atoms with Crippen LogP contribution >= 0.6 is 15.9 Å². The van der Waals surface area contributed by atoms with Crippen molar-refractivity contribution >= 4 is 22.0 Å². The van der Waals surface area contributed by atoms with Crippen LogP contribution in [0.25, 0.3) is 11.3 Å². The summed E-state index contributed by atoms with van der Waals surface area (Å²) in [6.07, 6.45) is 1.29. The van der Waals surface area contributed by atoms with Crippen LogP contribution in [0, 0.1) is 0 Å². The van der Waals surface area contributed by atoms with Gasteiger partial charge in [-0.15, -0.1) is 0 Å². The zero-order valence-electron chi connectivity index (χ0n) is 12.5. The van der Waals surface area contributed by atoms with Crippen LogP contribution in [0.1, 0.15) is 20.8 Å². The van der Waals surface area contributed by atoms with Crippen LogP contribution in [0.15, 0.2) is 41.0 Å². The molecule has 0 amide bonds. The lowest BCUT2D eigenvalue weighted by Gasteiger charge is -2.20. The maximum absolute atomic E-state index is 12.3. The van der Waals surface area contributed by atoms with Crippen LogP contribution < -0.4 is 4.74 Å². The van der Waals surface area contributed by atoms with Crippen LogP contribution in [-0.4, -0.2) is 23.4 Å². The Bertz CT molecular complexity index is 656. The Morgan fingerprint density at radius 3 is 2.57 bits per heavy atom. The SMILES string of the molecule is COc1cccc(-c2cc(Br)cn2C(=O)OC(C)(C)C)c1. The van der Waals surface area contributed by atoms with Gasteiger partial charge in [0.1, 0.15) is 11.4 Å². The number of carbonyl (C=O) groups excluding carboxylic acids is 1. The quantitative estimate of drug-likeness (QED) is 0.786. The van der Waals surface area contributed by atoms with Crippen molar-refractivity contribution < 1.29 is 14.3 Å². The van der Waals surface area contributed by atoms with Crippen molar-refractivity contribution in [3.63, 3.8) is 0 Å². The van der Waals surface area contributed by atoms with Crippen LogP contribution in [0.3, 0.4) is 0 Å². The molecule has 0 bridgehead atoms. The van der Waals surface area contributed by atoms with Gasteiger partial charge in [0.25, 0.3) is 0 Å². The molecule has 2 aromatic rings. The highest BCUT2D eigenvalue weighted by molar-refractivity contribution is 9.10. The molecule has 0 N–H and O–H groups in total. The number of nitrogens with zero attached hydrogens (tertiary/aromatic N) is 1. The van der Waals surface area contributed by atoms with E-state index in [-0.39, 0.29) is 0 Å². The molecule has 4 nitrogen and oxygen atoms in total. The molecule has 1 aromatic carbocycles. The van der Waals surface area contributed by atoms with E-state index in [1.54, 1.807) is 13.3 Å². The Labute approximate surface area is 132 Å². The molecular weight excluding hydrogens is 334 g/mol. The Morgan fingerprint density at radius 2 is 1.95 bits per heavy atom. The van der Waals surface area contributed by atoms with E-state index in [1.165, 1.54) is 4.57 Å². The van der Waals surface area contributed by atoms with Crippen LogP contribution in [0.4, 0.5) is 4.79 Å². The Morgan fingerprint density at radius 1 is 1.24 bits per heavy atom. The van der Waals surface area contributed by atoms with E-state index >= 15 is 0 Å². The molecule has 0 saturated heterocycles. The van der Waals surface area contributed by atoms with Crippen molar-refractivity contribution in [1.82, 2.24) is 4.57 Å². The predicted molar refractivity (Wildman–Crippen MR) is 85.8 cm³/mol. The summed E-state index contributed by atoms with van der Waals surface area (Å²) in [5, 5.41) is 0. The highest BCUT2D eigenvalue weighted by Crippen LogP contribution is 2.28. The van der Waals surface area contributed by atoms with Crippen LogP contribution in [-0.2, 0) is 4.74 Å². The average molecular weight is 352 g/mol. The van der Waals surface area contributed by atoms with Gasteiger partial charge in [0, 0.05) is 16.2 Å². The normalized spacial score (nSPS) is 11.3. The number of methoxy groups -OCH3 is 1. The van der Waals surface area contributed by atoms with E-state index in [4.69, 9.17) is 9.47 Å². The smallest absolute Gasteiger partial charge is 0.419 e. The number of ether oxygens (including phenoxy) is 2. The van der Waals surface area contributed by atoms with Gasteiger partial charge in [0.15, 0.2) is 0 Å². The fourth-order valence-electron chi connectivity index (χ4n) is 1.90. The molecule has 0 aliphatic rings. The highest BCUT2D eigenvalue weighted by atomic mass is 79.9. The molecule has 0 aliphatic carbocycles. The van der Waals surface area contributed by atoms with Gasteiger partial charge in [-0.2, -0.15) is 0 Å². The first-order valence-corrected chi connectivity index (χ1v) is 7.35. The minimum absolute atomic E-state index is 0.411. The third-order valence-corrected chi connectivity index (χ3v) is 3.18. The number of halogens is 1. The fourth-order valence-corrected chi connectivity index (χ4v) is 2.32. The van der Waals surface area contributed by atoms with Crippen molar-refractivity contribution in [2.75, 3.05) is 7.11 Å². The number of hydrogen-bond acceptors (Lipinski definition) is 3. The van der Waals surface area contributed by atoms with Gasteiger partial charge >= 0.3 is 6.09 Å². The molecule has 0 radical (unpaired) electrons. The van der Waals surface area contributed by atoms with Gasteiger partial charge in [-0.25, -0.2) is 4.79 Å². The summed E-state index contributed by atoms with van der Waals surface area (Å²) >= 11 is 3.40. The molecule has 1 heterocycles. The minimum Gasteiger partial charge on any atom is -0.497 e. The molecule has 0 saturated carbocycles. The Balaban J connectivity index is 2.43. The van der Waals surface area contributed by atoms with Crippen LogP contribution in [0.2, 0.25) is 0 Å². The summed E-state index contributed by atoms with van der Waals surface area (Å²) in [5.74, 6) is 0.737. The maximum Gasteiger partial charge on any atom is 0.419 e. The lowest BCUT2D eigenvalue weighted by atomic mass is 10.1. The van der Waals surface area contributed by atoms with Crippen molar-refractivity contribution in [3.8, 4) is 17.0 Å². The zero-order chi connectivity index (χ0) is 15.6. The number of benzene rings is 1. The first-order valence-electron chi connectivity index (χ1n) is 6.56. The molecule has 0 spiro atoms. The lowest BCUT2D eigenvalue weighted by Crippen LogP contribution is -2.27. The number of rotatable bonds is 2. The molecule has 0 aliphatic heterocycles. The van der Waals surface area contributed by atoms with Gasteiger partial charge in [-0.05, 0) is 54.9 Å². The zero-order valence-corrected chi connectivity index (χ0v) is 14.1. The predicted octanol–water partition coefficient (Wildman–Crippen LogP) is 4.71. The van der Waals surface area contributed by atoms with Crippen molar-refractivity contribution in [1.29, 1.82) is 0 Å². The highest BCUT2D eigenvalue weighted by Gasteiger charge is 2.21. The molecule has 1 aromatic heterocycles. The molecule has 0 unspecified atom stereocenters. The third kappa shape index (κ3) is 3.88. The summed E-state index contributed by atoms with van der Waals surface area (Å²) in [6.45, 7) is 5.53. The van der Waals surface area contributed by atoms with Gasteiger partial charge in [-0.3, -0.25) is 4.57 Å². The molecule has 5 heteroatoms. The Kier molecular flexibility index (Phi) is 4.42. The van der Waals surface area contributed by atoms with Crippen molar-refractivity contribution in [2.45, 2.75) is 26.4 Å². The molecule has 112 valence electrons. The molecule has 21 heavy (non-hydrogen) atoms. The van der Waals surface area contributed by atoms with Gasteiger partial charge < -0.3 is 9.47 Å². The van der Waals surface area contributed by atoms with E-state index in [9.17, 15) is 4.79 Å². The van der Waals surface area contributed by atoms with E-state index < -0.39 is 11.7 Å². The third-order valence-electron chi connectivity index (χ3n) is 2.74. The topological polar surface area (TPSA) is 40.5 Å². The van der Waals surface area contributed by atoms with Crippen LogP contribution in [0.5, 0.6) is 5.75 Å². The Hall–Kier alpha value is -1.75. The summed E-state index contributed by atoms with van der Waals surface area (Å²) < 4.78 is 13.0. The number of aromatic nitrogens is 1. The number of hydrogen-bond donors (Lipinski definition) is 0. The molecule has 0 fully saturated rings. The van der Waals surface area contributed by atoms with Crippen molar-refractivity contribution in [2.24, 2.45) is 0 Å². The second-order valence-electron chi connectivity index (χ2n) is 5.63. The average Bonchev–Trinajstić information content (AvgIpc) is 2.79. The molecular formula is C16H18BrNO3. The lowest BCUT2D eigenvalue weighted by molar-refractivity contribution is 0.0540. The van der Waals surface area contributed by atoms with Gasteiger partial charge in [-0.1, -0.05) is 12.1 Å². The maximum atomic E-state index is 12.3. The second-order valence-corrected chi connectivity index (χ2v) is 6.54. The van der Waals surface area contributed by atoms with Crippen molar-refractivity contribution in [3.05, 3.63) is 41.0 Å². The van der Waals surface area contributed by atoms with E-state index in [2.05, 4.69) is 15.9 Å². The summed E-state index contributed by atoms with van der Waals surface area (Å²) in [5.41, 5.74) is 1.08. The van der Waals surface area contributed by atoms with E-state index in [0.29, 0.717) is 0 Å². The first-order chi connectivity index (χ1) is 9.80. The largest absolute Gasteiger partial charge is 0.497 e. The van der Waals surface area contributed by atoms with Gasteiger partial charge in [0.05, 0.1) is 12.8 Å². The summed E-state index contributed by atoms with van der Waals surface area (Å²) in [6, 6.07) is 9.42. The van der Waals surface area contributed by atoms with E-state index in [1.807, 2.05) is 51.1 Å². The second kappa shape index (κ2) is 5.93. The van der Waals surface area contributed by atoms with E-state index in [0.717, 1.165) is 21.5 Å². The first kappa shape index (κ1) is 15.6. The summed E-state index contributed by atoms with van der Waals surface area (Å²) in [4.78, 5) is 12.3. The monoisotopic (exact) mass is 351 g/mol. The standard InChI is InChI=1S/C16H18BrNO3/c1-16(2,3)21-15(19)18-10-12(17)9-14(18)11-6-5-7-13(8-11)20-4/h5-10H,1-4H3. The molecule has 0 atom stereocenters. The summed E-state index contributed by atoms with van der Waals surface area (Å²) in [7, 11) is 1.61.